The molecule has 2 N–H and O–H groups in total. The first kappa shape index (κ1) is 17.3. The molecule has 6 nitrogen and oxygen atoms in total. The summed E-state index contributed by atoms with van der Waals surface area (Å²) in [5, 5.41) is 19.8. The zero-order chi connectivity index (χ0) is 17.3. The number of aliphatic hydroxyl groups is 2. The molecule has 130 valence electrons. The Balaban J connectivity index is 1.86. The average Bonchev–Trinajstić information content (AvgIpc) is 3.17. The molecular weight excluding hydrogens is 328 g/mol. The van der Waals surface area contributed by atoms with Gasteiger partial charge in [-0.25, -0.2) is 4.98 Å². The highest BCUT2D eigenvalue weighted by molar-refractivity contribution is 7.18. The number of carbonyl (C=O) groups excluding carboxylic acids is 1. The molecule has 2 aromatic rings. The number of benzene rings is 1. The van der Waals surface area contributed by atoms with Gasteiger partial charge in [-0.3, -0.25) is 4.79 Å². The number of hydrogen-bond donors (Lipinski definition) is 2. The lowest BCUT2D eigenvalue weighted by atomic mass is 10.1. The van der Waals surface area contributed by atoms with E-state index in [0.29, 0.717) is 25.1 Å². The van der Waals surface area contributed by atoms with Gasteiger partial charge < -0.3 is 19.8 Å². The van der Waals surface area contributed by atoms with E-state index in [4.69, 9.17) is 4.74 Å². The van der Waals surface area contributed by atoms with E-state index in [2.05, 4.69) is 4.98 Å². The predicted molar refractivity (Wildman–Crippen MR) is 92.2 cm³/mol. The number of nitrogens with zero attached hydrogens (tertiary/aromatic N) is 2. The molecule has 0 bridgehead atoms. The van der Waals surface area contributed by atoms with Gasteiger partial charge in [0.15, 0.2) is 0 Å². The highest BCUT2D eigenvalue weighted by Crippen LogP contribution is 2.37. The lowest BCUT2D eigenvalue weighted by Crippen LogP contribution is -2.30. The Morgan fingerprint density at radius 1 is 1.42 bits per heavy atom. The minimum atomic E-state index is -0.674. The van der Waals surface area contributed by atoms with E-state index in [1.54, 1.807) is 4.90 Å². The minimum absolute atomic E-state index is 0.00401. The first-order valence-electron chi connectivity index (χ1n) is 8.21. The van der Waals surface area contributed by atoms with Gasteiger partial charge >= 0.3 is 0 Å². The third-order valence-corrected chi connectivity index (χ3v) is 5.51. The third-order valence-electron chi connectivity index (χ3n) is 4.38. The molecular formula is C17H22N2O4S. The van der Waals surface area contributed by atoms with Crippen LogP contribution in [0.1, 0.15) is 41.7 Å². The van der Waals surface area contributed by atoms with Crippen molar-refractivity contribution in [2.24, 2.45) is 0 Å². The van der Waals surface area contributed by atoms with Gasteiger partial charge in [0.05, 0.1) is 22.9 Å². The van der Waals surface area contributed by atoms with Crippen molar-refractivity contribution in [2.45, 2.75) is 38.6 Å². The third kappa shape index (κ3) is 3.17. The SMILES string of the molecule is CCN(CC)C(=O)c1ccc2sc([C@H]3C[C@H](O)[C@@H](CO)O3)nc2c1. The monoisotopic (exact) mass is 350 g/mol. The number of carbonyl (C=O) groups is 1. The molecule has 1 saturated heterocycles. The van der Waals surface area contributed by atoms with Crippen molar-refractivity contribution in [2.75, 3.05) is 19.7 Å². The predicted octanol–water partition coefficient (Wildman–Crippen LogP) is 1.96. The molecule has 7 heteroatoms. The van der Waals surface area contributed by atoms with Gasteiger partial charge in [-0.15, -0.1) is 11.3 Å². The Hall–Kier alpha value is -1.54. The number of thiazole rings is 1. The second-order valence-corrected chi connectivity index (χ2v) is 6.92. The van der Waals surface area contributed by atoms with Gasteiger partial charge in [0.2, 0.25) is 0 Å². The van der Waals surface area contributed by atoms with Gasteiger partial charge in [0.1, 0.15) is 17.2 Å². The lowest BCUT2D eigenvalue weighted by Gasteiger charge is -2.18. The normalized spacial score (nSPS) is 23.8. The maximum atomic E-state index is 12.5. The summed E-state index contributed by atoms with van der Waals surface area (Å²) in [5.41, 5.74) is 1.39. The van der Waals surface area contributed by atoms with E-state index in [-0.39, 0.29) is 18.6 Å². The summed E-state index contributed by atoms with van der Waals surface area (Å²) in [7, 11) is 0. The molecule has 1 aromatic carbocycles. The Morgan fingerprint density at radius 3 is 2.79 bits per heavy atom. The molecule has 0 spiro atoms. The zero-order valence-corrected chi connectivity index (χ0v) is 14.6. The van der Waals surface area contributed by atoms with E-state index in [9.17, 15) is 15.0 Å². The van der Waals surface area contributed by atoms with E-state index in [1.165, 1.54) is 11.3 Å². The topological polar surface area (TPSA) is 82.9 Å². The summed E-state index contributed by atoms with van der Waals surface area (Å²) in [6.45, 7) is 5.06. The second kappa shape index (κ2) is 7.14. The van der Waals surface area contributed by atoms with Crippen molar-refractivity contribution >= 4 is 27.5 Å². The molecule has 0 radical (unpaired) electrons. The Labute approximate surface area is 144 Å². The molecule has 1 fully saturated rings. The number of aromatic nitrogens is 1. The summed E-state index contributed by atoms with van der Waals surface area (Å²) in [5.74, 6) is 0.00401. The quantitative estimate of drug-likeness (QED) is 0.861. The molecule has 1 aliphatic heterocycles. The van der Waals surface area contributed by atoms with Crippen LogP contribution in [0.4, 0.5) is 0 Å². The van der Waals surface area contributed by atoms with Gasteiger partial charge in [-0.2, -0.15) is 0 Å². The molecule has 1 aliphatic rings. The van der Waals surface area contributed by atoms with E-state index in [0.717, 1.165) is 15.2 Å². The molecule has 2 heterocycles. The fourth-order valence-electron chi connectivity index (χ4n) is 2.96. The maximum Gasteiger partial charge on any atom is 0.253 e. The number of fused-ring (bicyclic) bond motifs is 1. The largest absolute Gasteiger partial charge is 0.394 e. The van der Waals surface area contributed by atoms with Crippen LogP contribution in [0.25, 0.3) is 10.2 Å². The molecule has 3 atom stereocenters. The fraction of sp³-hybridized carbons (Fsp3) is 0.529. The Kier molecular flexibility index (Phi) is 5.15. The Morgan fingerprint density at radius 2 is 2.17 bits per heavy atom. The molecule has 1 aromatic heterocycles. The van der Waals surface area contributed by atoms with Crippen LogP contribution in [0, 0.1) is 0 Å². The minimum Gasteiger partial charge on any atom is -0.394 e. The van der Waals surface area contributed by atoms with E-state index < -0.39 is 12.2 Å². The standard InChI is InChI=1S/C17H22N2O4S/c1-3-19(4-2)17(22)10-5-6-15-11(7-10)18-16(24-15)13-8-12(21)14(9-20)23-13/h5-7,12-14,20-21H,3-4,8-9H2,1-2H3/t12-,13+,14+/m0/s1. The number of aliphatic hydroxyl groups excluding tert-OH is 2. The van der Waals surface area contributed by atoms with Crippen LogP contribution in [0.5, 0.6) is 0 Å². The summed E-state index contributed by atoms with van der Waals surface area (Å²) in [4.78, 5) is 18.8. The first-order chi connectivity index (χ1) is 11.6. The van der Waals surface area contributed by atoms with Crippen LogP contribution in [0.3, 0.4) is 0 Å². The molecule has 0 saturated carbocycles. The maximum absolute atomic E-state index is 12.5. The van der Waals surface area contributed by atoms with Crippen LogP contribution in [0.15, 0.2) is 18.2 Å². The van der Waals surface area contributed by atoms with Crippen molar-refractivity contribution in [1.29, 1.82) is 0 Å². The smallest absolute Gasteiger partial charge is 0.253 e. The molecule has 24 heavy (non-hydrogen) atoms. The van der Waals surface area contributed by atoms with E-state index >= 15 is 0 Å². The van der Waals surface area contributed by atoms with Crippen LogP contribution < -0.4 is 0 Å². The summed E-state index contributed by atoms with van der Waals surface area (Å²) >= 11 is 1.50. The van der Waals surface area contributed by atoms with Crippen molar-refractivity contribution in [1.82, 2.24) is 9.88 Å². The first-order valence-corrected chi connectivity index (χ1v) is 9.03. The highest BCUT2D eigenvalue weighted by Gasteiger charge is 2.35. The highest BCUT2D eigenvalue weighted by atomic mass is 32.1. The van der Waals surface area contributed by atoms with Gasteiger partial charge in [0, 0.05) is 25.1 Å². The van der Waals surface area contributed by atoms with Crippen LogP contribution >= 0.6 is 11.3 Å². The zero-order valence-electron chi connectivity index (χ0n) is 13.8. The lowest BCUT2D eigenvalue weighted by molar-refractivity contribution is -0.0225. The average molecular weight is 350 g/mol. The molecule has 0 unspecified atom stereocenters. The fourth-order valence-corrected chi connectivity index (χ4v) is 3.96. The van der Waals surface area contributed by atoms with Crippen molar-refractivity contribution in [3.8, 4) is 0 Å². The number of ether oxygens (including phenoxy) is 1. The van der Waals surface area contributed by atoms with Gasteiger partial charge in [-0.1, -0.05) is 0 Å². The molecule has 0 aliphatic carbocycles. The van der Waals surface area contributed by atoms with Gasteiger partial charge in [0.25, 0.3) is 5.91 Å². The number of amides is 1. The Bertz CT molecular complexity index is 728. The van der Waals surface area contributed by atoms with Crippen molar-refractivity contribution < 1.29 is 19.7 Å². The summed E-state index contributed by atoms with van der Waals surface area (Å²) < 4.78 is 6.64. The van der Waals surface area contributed by atoms with Crippen LogP contribution in [-0.2, 0) is 4.74 Å². The summed E-state index contributed by atoms with van der Waals surface area (Å²) in [6, 6.07) is 5.54. The number of rotatable bonds is 5. The second-order valence-electron chi connectivity index (χ2n) is 5.86. The number of hydrogen-bond acceptors (Lipinski definition) is 6. The van der Waals surface area contributed by atoms with E-state index in [1.807, 2.05) is 32.0 Å². The van der Waals surface area contributed by atoms with Crippen LogP contribution in [-0.4, -0.2) is 57.9 Å². The van der Waals surface area contributed by atoms with Crippen LogP contribution in [0.2, 0.25) is 0 Å². The van der Waals surface area contributed by atoms with Gasteiger partial charge in [-0.05, 0) is 32.0 Å². The summed E-state index contributed by atoms with van der Waals surface area (Å²) in [6.07, 6.45) is -1.11. The molecule has 1 amide bonds. The van der Waals surface area contributed by atoms with Crippen molar-refractivity contribution in [3.05, 3.63) is 28.8 Å². The van der Waals surface area contributed by atoms with Crippen molar-refractivity contribution in [3.63, 3.8) is 0 Å². The molecule has 3 rings (SSSR count).